The van der Waals surface area contributed by atoms with Crippen molar-refractivity contribution in [2.24, 2.45) is 5.73 Å². The molecule has 0 unspecified atom stereocenters. The van der Waals surface area contributed by atoms with Crippen LogP contribution in [0.2, 0.25) is 0 Å². The summed E-state index contributed by atoms with van der Waals surface area (Å²) in [6.07, 6.45) is 5.10. The van der Waals surface area contributed by atoms with E-state index < -0.39 is 5.91 Å². The standard InChI is InChI=1S/C18H17N5O/c19-17-15(18(20)24)16(22-10-12-5-4-8-21-9-12)14(11-23-17)13-6-2-1-3-7-13/h1-9,11H,10H2,(H2,20,24)(H3,19,22,23). The summed E-state index contributed by atoms with van der Waals surface area (Å²) in [6, 6.07) is 13.4. The third kappa shape index (κ3) is 3.17. The zero-order chi connectivity index (χ0) is 16.9. The molecule has 3 aromatic rings. The van der Waals surface area contributed by atoms with Gasteiger partial charge >= 0.3 is 0 Å². The minimum Gasteiger partial charge on any atom is -0.383 e. The number of amides is 1. The molecule has 1 aromatic carbocycles. The van der Waals surface area contributed by atoms with E-state index in [9.17, 15) is 4.79 Å². The number of pyridine rings is 2. The van der Waals surface area contributed by atoms with Gasteiger partial charge in [0.05, 0.1) is 5.69 Å². The maximum Gasteiger partial charge on any atom is 0.254 e. The van der Waals surface area contributed by atoms with E-state index in [1.807, 2.05) is 42.5 Å². The summed E-state index contributed by atoms with van der Waals surface area (Å²) in [4.78, 5) is 20.1. The summed E-state index contributed by atoms with van der Waals surface area (Å²) in [7, 11) is 0. The number of rotatable bonds is 5. The molecule has 6 nitrogen and oxygen atoms in total. The highest BCUT2D eigenvalue weighted by Crippen LogP contribution is 2.33. The number of aromatic nitrogens is 2. The Morgan fingerprint density at radius 1 is 1.08 bits per heavy atom. The predicted molar refractivity (Wildman–Crippen MR) is 94.2 cm³/mol. The fourth-order valence-electron chi connectivity index (χ4n) is 2.49. The fourth-order valence-corrected chi connectivity index (χ4v) is 2.49. The Morgan fingerprint density at radius 3 is 2.54 bits per heavy atom. The summed E-state index contributed by atoms with van der Waals surface area (Å²) < 4.78 is 0. The van der Waals surface area contributed by atoms with Crippen molar-refractivity contribution in [3.63, 3.8) is 0 Å². The van der Waals surface area contributed by atoms with E-state index in [4.69, 9.17) is 11.5 Å². The summed E-state index contributed by atoms with van der Waals surface area (Å²) in [5.74, 6) is -0.512. The first kappa shape index (κ1) is 15.5. The van der Waals surface area contributed by atoms with E-state index in [0.717, 1.165) is 16.7 Å². The molecule has 2 heterocycles. The van der Waals surface area contributed by atoms with Crippen molar-refractivity contribution in [3.05, 3.63) is 72.2 Å². The normalized spacial score (nSPS) is 10.3. The molecule has 0 spiro atoms. The van der Waals surface area contributed by atoms with Crippen LogP contribution in [0.5, 0.6) is 0 Å². The molecule has 0 aliphatic rings. The third-order valence-corrected chi connectivity index (χ3v) is 3.63. The molecule has 120 valence electrons. The second kappa shape index (κ2) is 6.78. The number of carbonyl (C=O) groups excluding carboxylic acids is 1. The van der Waals surface area contributed by atoms with Crippen molar-refractivity contribution < 1.29 is 4.79 Å². The lowest BCUT2D eigenvalue weighted by Crippen LogP contribution is -2.18. The van der Waals surface area contributed by atoms with Crippen molar-refractivity contribution >= 4 is 17.4 Å². The quantitative estimate of drug-likeness (QED) is 0.669. The topological polar surface area (TPSA) is 107 Å². The van der Waals surface area contributed by atoms with Crippen molar-refractivity contribution in [1.82, 2.24) is 9.97 Å². The Kier molecular flexibility index (Phi) is 4.38. The van der Waals surface area contributed by atoms with Gasteiger partial charge in [0.25, 0.3) is 5.91 Å². The zero-order valence-electron chi connectivity index (χ0n) is 12.9. The van der Waals surface area contributed by atoms with Crippen LogP contribution in [0.3, 0.4) is 0 Å². The Labute approximate surface area is 139 Å². The van der Waals surface area contributed by atoms with Gasteiger partial charge in [-0.1, -0.05) is 36.4 Å². The third-order valence-electron chi connectivity index (χ3n) is 3.63. The summed E-state index contributed by atoms with van der Waals surface area (Å²) in [5, 5.41) is 3.26. The monoisotopic (exact) mass is 319 g/mol. The van der Waals surface area contributed by atoms with Crippen LogP contribution >= 0.6 is 0 Å². The highest BCUT2D eigenvalue weighted by molar-refractivity contribution is 6.06. The molecule has 1 amide bonds. The fraction of sp³-hybridized carbons (Fsp3) is 0.0556. The largest absolute Gasteiger partial charge is 0.383 e. The van der Waals surface area contributed by atoms with Gasteiger partial charge in [-0.2, -0.15) is 0 Å². The van der Waals surface area contributed by atoms with Crippen LogP contribution in [-0.2, 0) is 6.54 Å². The number of nitrogens with two attached hydrogens (primary N) is 2. The zero-order valence-corrected chi connectivity index (χ0v) is 12.9. The summed E-state index contributed by atoms with van der Waals surface area (Å²) >= 11 is 0. The second-order valence-electron chi connectivity index (χ2n) is 5.25. The smallest absolute Gasteiger partial charge is 0.254 e. The number of nitrogens with one attached hydrogen (secondary N) is 1. The van der Waals surface area contributed by atoms with E-state index in [-0.39, 0.29) is 11.4 Å². The molecule has 0 aliphatic carbocycles. The van der Waals surface area contributed by atoms with E-state index in [2.05, 4.69) is 15.3 Å². The number of primary amides is 1. The van der Waals surface area contributed by atoms with E-state index in [0.29, 0.717) is 12.2 Å². The van der Waals surface area contributed by atoms with Gasteiger partial charge in [-0.3, -0.25) is 9.78 Å². The van der Waals surface area contributed by atoms with Crippen LogP contribution < -0.4 is 16.8 Å². The first-order valence-electron chi connectivity index (χ1n) is 7.43. The molecule has 6 heteroatoms. The van der Waals surface area contributed by atoms with Crippen molar-refractivity contribution in [2.45, 2.75) is 6.54 Å². The Morgan fingerprint density at radius 2 is 1.88 bits per heavy atom. The van der Waals surface area contributed by atoms with Crippen molar-refractivity contribution in [1.29, 1.82) is 0 Å². The van der Waals surface area contributed by atoms with Crippen LogP contribution in [0.25, 0.3) is 11.1 Å². The molecule has 0 bridgehead atoms. The maximum atomic E-state index is 11.9. The molecular formula is C18H17N5O. The Bertz CT molecular complexity index is 850. The van der Waals surface area contributed by atoms with Gasteiger partial charge < -0.3 is 16.8 Å². The van der Waals surface area contributed by atoms with Gasteiger partial charge in [0.2, 0.25) is 0 Å². The molecule has 0 atom stereocenters. The minimum atomic E-state index is -0.619. The molecule has 3 rings (SSSR count). The summed E-state index contributed by atoms with van der Waals surface area (Å²) in [6.45, 7) is 0.484. The summed E-state index contributed by atoms with van der Waals surface area (Å²) in [5.41, 5.74) is 14.8. The van der Waals surface area contributed by atoms with Crippen LogP contribution in [0.15, 0.2) is 61.1 Å². The van der Waals surface area contributed by atoms with Crippen molar-refractivity contribution in [3.8, 4) is 11.1 Å². The van der Waals surface area contributed by atoms with Gasteiger partial charge in [0.15, 0.2) is 0 Å². The average Bonchev–Trinajstić information content (AvgIpc) is 2.61. The number of benzene rings is 1. The Balaban J connectivity index is 2.06. The molecule has 0 saturated heterocycles. The van der Waals surface area contributed by atoms with Gasteiger partial charge in [-0.25, -0.2) is 4.98 Å². The van der Waals surface area contributed by atoms with Crippen LogP contribution in [0.1, 0.15) is 15.9 Å². The molecule has 0 saturated carbocycles. The predicted octanol–water partition coefficient (Wildman–Crippen LogP) is 2.44. The number of nitrogen functional groups attached to an aromatic ring is 1. The lowest BCUT2D eigenvalue weighted by atomic mass is 10.0. The lowest BCUT2D eigenvalue weighted by Gasteiger charge is -2.16. The van der Waals surface area contributed by atoms with Gasteiger partial charge in [-0.15, -0.1) is 0 Å². The Hall–Kier alpha value is -3.41. The van der Waals surface area contributed by atoms with Crippen LogP contribution in [0.4, 0.5) is 11.5 Å². The first-order chi connectivity index (χ1) is 11.7. The molecule has 2 aromatic heterocycles. The number of hydrogen-bond acceptors (Lipinski definition) is 5. The molecule has 0 aliphatic heterocycles. The molecular weight excluding hydrogens is 302 g/mol. The highest BCUT2D eigenvalue weighted by Gasteiger charge is 2.18. The van der Waals surface area contributed by atoms with E-state index in [1.165, 1.54) is 0 Å². The first-order valence-corrected chi connectivity index (χ1v) is 7.43. The van der Waals surface area contributed by atoms with E-state index >= 15 is 0 Å². The van der Waals surface area contributed by atoms with Crippen molar-refractivity contribution in [2.75, 3.05) is 11.1 Å². The highest BCUT2D eigenvalue weighted by atomic mass is 16.1. The number of carbonyl (C=O) groups is 1. The minimum absolute atomic E-state index is 0.107. The number of hydrogen-bond donors (Lipinski definition) is 3. The molecule has 0 radical (unpaired) electrons. The number of anilines is 2. The molecule has 24 heavy (non-hydrogen) atoms. The van der Waals surface area contributed by atoms with Crippen LogP contribution in [0, 0.1) is 0 Å². The second-order valence-corrected chi connectivity index (χ2v) is 5.25. The lowest BCUT2D eigenvalue weighted by molar-refractivity contribution is 0.100. The van der Waals surface area contributed by atoms with Gasteiger partial charge in [-0.05, 0) is 17.2 Å². The van der Waals surface area contributed by atoms with Gasteiger partial charge in [0, 0.05) is 30.7 Å². The number of nitrogens with zero attached hydrogens (tertiary/aromatic N) is 2. The SMILES string of the molecule is NC(=O)c1c(N)ncc(-c2ccccc2)c1NCc1cccnc1. The average molecular weight is 319 g/mol. The van der Waals surface area contributed by atoms with Gasteiger partial charge in [0.1, 0.15) is 11.4 Å². The molecule has 5 N–H and O–H groups in total. The maximum absolute atomic E-state index is 11.9. The molecule has 0 fully saturated rings. The van der Waals surface area contributed by atoms with Crippen LogP contribution in [-0.4, -0.2) is 15.9 Å². The van der Waals surface area contributed by atoms with E-state index in [1.54, 1.807) is 18.6 Å².